The van der Waals surface area contributed by atoms with E-state index in [9.17, 15) is 19.3 Å². The number of carbonyl (C=O) groups is 1. The minimum absolute atomic E-state index is 0.0459. The molecule has 0 N–H and O–H groups in total. The van der Waals surface area contributed by atoms with Gasteiger partial charge in [0.05, 0.1) is 11.5 Å². The zero-order chi connectivity index (χ0) is 19.6. The van der Waals surface area contributed by atoms with E-state index < -0.39 is 16.6 Å². The van der Waals surface area contributed by atoms with Crippen LogP contribution >= 0.6 is 35.0 Å². The minimum Gasteiger partial charge on any atom is -0.286 e. The molecule has 0 radical (unpaired) electrons. The molecule has 1 aliphatic heterocycles. The number of halogens is 3. The van der Waals surface area contributed by atoms with Gasteiger partial charge < -0.3 is 0 Å². The molecule has 6 nitrogen and oxygen atoms in total. The lowest BCUT2D eigenvalue weighted by molar-refractivity contribution is -0.384. The van der Waals surface area contributed by atoms with E-state index >= 15 is 0 Å². The van der Waals surface area contributed by atoms with Crippen LogP contribution in [0.25, 0.3) is 0 Å². The van der Waals surface area contributed by atoms with Crippen molar-refractivity contribution in [2.24, 2.45) is 4.99 Å². The summed E-state index contributed by atoms with van der Waals surface area (Å²) in [5, 5.41) is 11.7. The highest BCUT2D eigenvalue weighted by molar-refractivity contribution is 8.13. The van der Waals surface area contributed by atoms with E-state index in [-0.39, 0.29) is 22.0 Å². The Morgan fingerprint density at radius 1 is 1.30 bits per heavy atom. The van der Waals surface area contributed by atoms with Gasteiger partial charge in [0.2, 0.25) is 0 Å². The molecule has 2 aromatic rings. The van der Waals surface area contributed by atoms with Gasteiger partial charge in [-0.1, -0.05) is 41.0 Å². The van der Waals surface area contributed by atoms with E-state index in [0.717, 1.165) is 6.07 Å². The van der Waals surface area contributed by atoms with Gasteiger partial charge in [-0.25, -0.2) is 4.39 Å². The van der Waals surface area contributed by atoms with Crippen LogP contribution < -0.4 is 0 Å². The Balaban J connectivity index is 1.77. The van der Waals surface area contributed by atoms with Gasteiger partial charge in [0.1, 0.15) is 10.8 Å². The third-order valence-corrected chi connectivity index (χ3v) is 5.56. The van der Waals surface area contributed by atoms with Crippen molar-refractivity contribution < 1.29 is 14.1 Å². The minimum atomic E-state index is -0.646. The molecule has 2 aromatic carbocycles. The first kappa shape index (κ1) is 19.6. The lowest BCUT2D eigenvalue weighted by Gasteiger charge is -2.18. The number of amides is 1. The van der Waals surface area contributed by atoms with Crippen LogP contribution in [0.2, 0.25) is 10.0 Å². The fraction of sp³-hybridized carbons (Fsp3) is 0.176. The summed E-state index contributed by atoms with van der Waals surface area (Å²) in [7, 11) is 0. The Hall–Kier alpha value is -2.16. The van der Waals surface area contributed by atoms with Crippen LogP contribution in [-0.2, 0) is 5.75 Å². The summed E-state index contributed by atoms with van der Waals surface area (Å²) < 4.78 is 13.9. The maximum atomic E-state index is 13.9. The normalized spacial score (nSPS) is 13.6. The van der Waals surface area contributed by atoms with E-state index in [1.165, 1.54) is 40.9 Å². The molecule has 0 saturated heterocycles. The van der Waals surface area contributed by atoms with Crippen molar-refractivity contribution in [1.29, 1.82) is 0 Å². The molecule has 3 rings (SSSR count). The quantitative estimate of drug-likeness (QED) is 0.519. The van der Waals surface area contributed by atoms with Crippen molar-refractivity contribution in [3.05, 3.63) is 73.5 Å². The number of nitrogens with zero attached hydrogens (tertiary/aromatic N) is 3. The number of amidine groups is 1. The van der Waals surface area contributed by atoms with Crippen LogP contribution in [0.3, 0.4) is 0 Å². The Labute approximate surface area is 168 Å². The van der Waals surface area contributed by atoms with Gasteiger partial charge in [-0.2, -0.15) is 0 Å². The first-order chi connectivity index (χ1) is 12.9. The maximum absolute atomic E-state index is 13.9. The summed E-state index contributed by atoms with van der Waals surface area (Å²) >= 11 is 13.0. The largest absolute Gasteiger partial charge is 0.288 e. The van der Waals surface area contributed by atoms with Crippen molar-refractivity contribution in [2.45, 2.75) is 5.75 Å². The number of nitro groups is 1. The second-order valence-corrected chi connectivity index (χ2v) is 7.29. The Kier molecular flexibility index (Phi) is 5.98. The van der Waals surface area contributed by atoms with E-state index in [1.807, 2.05) is 0 Å². The van der Waals surface area contributed by atoms with Gasteiger partial charge in [0.15, 0.2) is 5.17 Å². The van der Waals surface area contributed by atoms with Gasteiger partial charge in [0.25, 0.3) is 11.6 Å². The summed E-state index contributed by atoms with van der Waals surface area (Å²) in [5.74, 6) is -0.660. The van der Waals surface area contributed by atoms with Crippen LogP contribution in [0, 0.1) is 15.9 Å². The van der Waals surface area contributed by atoms with Crippen molar-refractivity contribution in [3.8, 4) is 0 Å². The number of carbonyl (C=O) groups excluding carboxylic acids is 1. The number of hydrogen-bond donors (Lipinski definition) is 0. The highest BCUT2D eigenvalue weighted by atomic mass is 35.5. The molecule has 0 unspecified atom stereocenters. The number of benzene rings is 2. The van der Waals surface area contributed by atoms with Crippen molar-refractivity contribution in [1.82, 2.24) is 4.90 Å². The standard InChI is InChI=1S/C17H12Cl2FN3O3S/c18-12-2-1-3-14(20)11(12)9-27-17-21-6-7-22(17)16(24)10-4-5-13(19)15(8-10)23(25)26/h1-5,8H,6-7,9H2. The molecule has 27 heavy (non-hydrogen) atoms. The molecule has 1 heterocycles. The van der Waals surface area contributed by atoms with Crippen LogP contribution in [-0.4, -0.2) is 34.0 Å². The highest BCUT2D eigenvalue weighted by Crippen LogP contribution is 2.29. The number of nitro benzene ring substituents is 1. The number of thioether (sulfide) groups is 1. The molecule has 0 spiro atoms. The lowest BCUT2D eigenvalue weighted by Crippen LogP contribution is -2.32. The molecule has 1 aliphatic rings. The summed E-state index contributed by atoms with van der Waals surface area (Å²) in [5.41, 5.74) is 0.115. The van der Waals surface area contributed by atoms with E-state index in [2.05, 4.69) is 4.99 Å². The van der Waals surface area contributed by atoms with Crippen LogP contribution in [0.15, 0.2) is 41.4 Å². The van der Waals surface area contributed by atoms with Crippen molar-refractivity contribution in [2.75, 3.05) is 13.1 Å². The number of aliphatic imine (C=N–C) groups is 1. The van der Waals surface area contributed by atoms with E-state index in [0.29, 0.717) is 28.8 Å². The Bertz CT molecular complexity index is 935. The summed E-state index contributed by atoms with van der Waals surface area (Å²) in [6, 6.07) is 8.29. The molecular weight excluding hydrogens is 416 g/mol. The smallest absolute Gasteiger partial charge is 0.286 e. The second-order valence-electron chi connectivity index (χ2n) is 5.53. The Morgan fingerprint density at radius 3 is 2.78 bits per heavy atom. The molecule has 1 amide bonds. The topological polar surface area (TPSA) is 75.8 Å². The van der Waals surface area contributed by atoms with Gasteiger partial charge in [-0.05, 0) is 24.3 Å². The third kappa shape index (κ3) is 4.23. The van der Waals surface area contributed by atoms with Gasteiger partial charge >= 0.3 is 0 Å². The summed E-state index contributed by atoms with van der Waals surface area (Å²) in [6.45, 7) is 0.733. The molecule has 0 saturated carbocycles. The van der Waals surface area contributed by atoms with E-state index in [4.69, 9.17) is 23.2 Å². The van der Waals surface area contributed by atoms with Crippen molar-refractivity contribution in [3.63, 3.8) is 0 Å². The van der Waals surface area contributed by atoms with E-state index in [1.54, 1.807) is 6.07 Å². The van der Waals surface area contributed by atoms with Crippen LogP contribution in [0.5, 0.6) is 0 Å². The first-order valence-corrected chi connectivity index (χ1v) is 9.48. The predicted octanol–water partition coefficient (Wildman–Crippen LogP) is 4.79. The van der Waals surface area contributed by atoms with Crippen LogP contribution in [0.1, 0.15) is 15.9 Å². The number of rotatable bonds is 4. The molecular formula is C17H12Cl2FN3O3S. The van der Waals surface area contributed by atoms with Gasteiger partial charge in [-0.3, -0.25) is 24.8 Å². The molecule has 10 heteroatoms. The fourth-order valence-electron chi connectivity index (χ4n) is 2.49. The van der Waals surface area contributed by atoms with Gasteiger partial charge in [0, 0.05) is 34.5 Å². The molecule has 140 valence electrons. The lowest BCUT2D eigenvalue weighted by atomic mass is 10.2. The molecule has 0 fully saturated rings. The fourth-order valence-corrected chi connectivity index (χ4v) is 4.06. The average Bonchev–Trinajstić information content (AvgIpc) is 3.09. The highest BCUT2D eigenvalue weighted by Gasteiger charge is 2.27. The molecule has 0 aliphatic carbocycles. The zero-order valence-corrected chi connectivity index (χ0v) is 16.0. The molecule has 0 atom stereocenters. The SMILES string of the molecule is O=C(c1ccc(Cl)c([N+](=O)[O-])c1)N1CCN=C1SCc1c(F)cccc1Cl. The second kappa shape index (κ2) is 8.24. The maximum Gasteiger partial charge on any atom is 0.288 e. The van der Waals surface area contributed by atoms with Crippen molar-refractivity contribution >= 4 is 51.7 Å². The van der Waals surface area contributed by atoms with Gasteiger partial charge in [-0.15, -0.1) is 0 Å². The number of hydrogen-bond acceptors (Lipinski definition) is 5. The zero-order valence-electron chi connectivity index (χ0n) is 13.7. The third-order valence-electron chi connectivity index (χ3n) is 3.84. The van der Waals surface area contributed by atoms with Crippen LogP contribution in [0.4, 0.5) is 10.1 Å². The Morgan fingerprint density at radius 2 is 2.07 bits per heavy atom. The summed E-state index contributed by atoms with van der Waals surface area (Å²) in [6.07, 6.45) is 0. The summed E-state index contributed by atoms with van der Waals surface area (Å²) in [4.78, 5) is 28.8. The first-order valence-electron chi connectivity index (χ1n) is 7.74. The monoisotopic (exact) mass is 427 g/mol. The molecule has 0 bridgehead atoms. The average molecular weight is 428 g/mol. The molecule has 0 aromatic heterocycles. The predicted molar refractivity (Wildman–Crippen MR) is 104 cm³/mol.